The van der Waals surface area contributed by atoms with Gasteiger partial charge in [0.25, 0.3) is 0 Å². The van der Waals surface area contributed by atoms with Crippen LogP contribution in [0, 0.1) is 5.41 Å². The highest BCUT2D eigenvalue weighted by Crippen LogP contribution is 2.48. The van der Waals surface area contributed by atoms with Gasteiger partial charge in [-0.25, -0.2) is 0 Å². The fourth-order valence-corrected chi connectivity index (χ4v) is 4.60. The maximum Gasteiger partial charge on any atom is 0.416 e. The number of ketones is 1. The number of anilines is 2. The van der Waals surface area contributed by atoms with Crippen LogP contribution >= 0.6 is 0 Å². The summed E-state index contributed by atoms with van der Waals surface area (Å²) in [5, 5.41) is 3.38. The van der Waals surface area contributed by atoms with Crippen molar-refractivity contribution in [2.45, 2.75) is 52.3 Å². The molecular formula is C25H25F3N2O2. The number of hydrogen-bond acceptors (Lipinski definition) is 3. The van der Waals surface area contributed by atoms with Crippen molar-refractivity contribution >= 4 is 23.1 Å². The van der Waals surface area contributed by atoms with Gasteiger partial charge in [0.15, 0.2) is 5.78 Å². The maximum atomic E-state index is 13.4. The smallest absolute Gasteiger partial charge is 0.357 e. The molecule has 0 spiro atoms. The van der Waals surface area contributed by atoms with Crippen LogP contribution in [-0.2, 0) is 15.8 Å². The molecule has 4 nitrogen and oxygen atoms in total. The minimum Gasteiger partial charge on any atom is -0.357 e. The molecule has 1 heterocycles. The van der Waals surface area contributed by atoms with Crippen molar-refractivity contribution in [3.8, 4) is 0 Å². The summed E-state index contributed by atoms with van der Waals surface area (Å²) in [7, 11) is 0. The predicted octanol–water partition coefficient (Wildman–Crippen LogP) is 6.26. The molecule has 1 aliphatic heterocycles. The van der Waals surface area contributed by atoms with Crippen LogP contribution in [0.3, 0.4) is 0 Å². The third-order valence-corrected chi connectivity index (χ3v) is 6.03. The fourth-order valence-electron chi connectivity index (χ4n) is 4.60. The van der Waals surface area contributed by atoms with Gasteiger partial charge in [-0.3, -0.25) is 14.5 Å². The molecule has 2 aliphatic rings. The minimum absolute atomic E-state index is 0.102. The van der Waals surface area contributed by atoms with Crippen molar-refractivity contribution < 1.29 is 22.8 Å². The van der Waals surface area contributed by atoms with Gasteiger partial charge in [0.1, 0.15) is 0 Å². The predicted molar refractivity (Wildman–Crippen MR) is 117 cm³/mol. The van der Waals surface area contributed by atoms with Crippen LogP contribution in [0.5, 0.6) is 0 Å². The topological polar surface area (TPSA) is 49.4 Å². The lowest BCUT2D eigenvalue weighted by Crippen LogP contribution is -2.39. The molecule has 1 aliphatic carbocycles. The second-order valence-electron chi connectivity index (χ2n) is 9.11. The summed E-state index contributed by atoms with van der Waals surface area (Å²) in [6.45, 7) is 5.75. The first kappa shape index (κ1) is 22.1. The van der Waals surface area contributed by atoms with Gasteiger partial charge in [0, 0.05) is 24.1 Å². The summed E-state index contributed by atoms with van der Waals surface area (Å²) in [5.41, 5.74) is 1.89. The number of carbonyl (C=O) groups is 2. The number of Topliss-reactive ketones (excluding diaryl/α,β-unsaturated/α-hetero) is 1. The van der Waals surface area contributed by atoms with Gasteiger partial charge in [-0.05, 0) is 41.7 Å². The van der Waals surface area contributed by atoms with Crippen LogP contribution < -0.4 is 10.2 Å². The molecule has 2 aromatic rings. The zero-order valence-corrected chi connectivity index (χ0v) is 18.2. The minimum atomic E-state index is -4.47. The van der Waals surface area contributed by atoms with Gasteiger partial charge in [-0.15, -0.1) is 0 Å². The van der Waals surface area contributed by atoms with E-state index in [0.717, 1.165) is 17.8 Å². The number of hydrogen-bond donors (Lipinski definition) is 1. The van der Waals surface area contributed by atoms with Crippen molar-refractivity contribution in [2.75, 3.05) is 10.2 Å². The van der Waals surface area contributed by atoms with Crippen LogP contribution in [0.4, 0.5) is 24.5 Å². The van der Waals surface area contributed by atoms with Crippen molar-refractivity contribution in [1.82, 2.24) is 0 Å². The Morgan fingerprint density at radius 3 is 2.38 bits per heavy atom. The zero-order valence-electron chi connectivity index (χ0n) is 18.2. The molecule has 0 aromatic heterocycles. The van der Waals surface area contributed by atoms with E-state index >= 15 is 0 Å². The molecule has 1 amide bonds. The van der Waals surface area contributed by atoms with Crippen molar-refractivity contribution in [2.24, 2.45) is 5.41 Å². The number of allylic oxidation sites excluding steroid dienone is 1. The molecule has 168 valence electrons. The number of halogens is 3. The molecular weight excluding hydrogens is 417 g/mol. The van der Waals surface area contributed by atoms with E-state index in [9.17, 15) is 22.8 Å². The Balaban J connectivity index is 1.97. The molecule has 2 aromatic carbocycles. The highest BCUT2D eigenvalue weighted by atomic mass is 19.4. The van der Waals surface area contributed by atoms with E-state index in [-0.39, 0.29) is 23.5 Å². The summed E-state index contributed by atoms with van der Waals surface area (Å²) >= 11 is 0. The monoisotopic (exact) mass is 442 g/mol. The van der Waals surface area contributed by atoms with E-state index in [1.54, 1.807) is 24.0 Å². The average Bonchev–Trinajstić information content (AvgIpc) is 2.86. The van der Waals surface area contributed by atoms with Gasteiger partial charge in [-0.2, -0.15) is 13.2 Å². The zero-order chi connectivity index (χ0) is 23.3. The summed E-state index contributed by atoms with van der Waals surface area (Å²) in [6.07, 6.45) is -3.39. The van der Waals surface area contributed by atoms with Gasteiger partial charge in [0.2, 0.25) is 5.91 Å². The Kier molecular flexibility index (Phi) is 5.39. The Morgan fingerprint density at radius 1 is 1.09 bits per heavy atom. The van der Waals surface area contributed by atoms with Crippen LogP contribution in [0.1, 0.15) is 57.2 Å². The molecule has 0 bridgehead atoms. The lowest BCUT2D eigenvalue weighted by atomic mass is 9.73. The summed E-state index contributed by atoms with van der Waals surface area (Å²) in [5.74, 6) is -0.314. The van der Waals surface area contributed by atoms with Crippen LogP contribution in [0.15, 0.2) is 59.8 Å². The molecule has 0 fully saturated rings. The van der Waals surface area contributed by atoms with Crippen molar-refractivity contribution in [3.05, 3.63) is 70.9 Å². The van der Waals surface area contributed by atoms with E-state index in [4.69, 9.17) is 0 Å². The number of alkyl halides is 3. The third kappa shape index (κ3) is 3.92. The Bertz CT molecular complexity index is 1100. The SMILES string of the molecule is CCC(=O)N1c2ccccc2NC2=C(C(=O)CC(C)(C)C2)[C@H]1c1ccc(C(F)(F)F)cc1. The van der Waals surface area contributed by atoms with E-state index in [2.05, 4.69) is 5.32 Å². The number of benzene rings is 2. The van der Waals surface area contributed by atoms with Crippen LogP contribution in [-0.4, -0.2) is 11.7 Å². The summed E-state index contributed by atoms with van der Waals surface area (Å²) in [4.78, 5) is 28.1. The molecule has 32 heavy (non-hydrogen) atoms. The highest BCUT2D eigenvalue weighted by Gasteiger charge is 2.43. The largest absolute Gasteiger partial charge is 0.416 e. The molecule has 1 atom stereocenters. The number of nitrogens with zero attached hydrogens (tertiary/aromatic N) is 1. The summed E-state index contributed by atoms with van der Waals surface area (Å²) < 4.78 is 39.5. The number of para-hydroxylation sites is 2. The Morgan fingerprint density at radius 2 is 1.75 bits per heavy atom. The Labute approximate surface area is 185 Å². The molecule has 0 saturated heterocycles. The lowest BCUT2D eigenvalue weighted by molar-refractivity contribution is -0.137. The van der Waals surface area contributed by atoms with Crippen LogP contribution in [0.2, 0.25) is 0 Å². The van der Waals surface area contributed by atoms with Crippen LogP contribution in [0.25, 0.3) is 0 Å². The fraction of sp³-hybridized carbons (Fsp3) is 0.360. The molecule has 1 N–H and O–H groups in total. The number of rotatable bonds is 2. The summed E-state index contributed by atoms with van der Waals surface area (Å²) in [6, 6.07) is 11.2. The Hall–Kier alpha value is -3.09. The first-order valence-corrected chi connectivity index (χ1v) is 10.6. The first-order chi connectivity index (χ1) is 15.0. The second kappa shape index (κ2) is 7.80. The molecule has 4 rings (SSSR count). The lowest BCUT2D eigenvalue weighted by Gasteiger charge is -2.37. The highest BCUT2D eigenvalue weighted by molar-refractivity contribution is 6.06. The molecule has 0 saturated carbocycles. The normalized spacial score (nSPS) is 20.2. The van der Waals surface area contributed by atoms with E-state index < -0.39 is 17.8 Å². The van der Waals surface area contributed by atoms with E-state index in [0.29, 0.717) is 35.4 Å². The van der Waals surface area contributed by atoms with Crippen molar-refractivity contribution in [1.29, 1.82) is 0 Å². The van der Waals surface area contributed by atoms with Gasteiger partial charge >= 0.3 is 6.18 Å². The number of nitrogens with one attached hydrogen (secondary N) is 1. The molecule has 0 unspecified atom stereocenters. The maximum absolute atomic E-state index is 13.4. The average molecular weight is 442 g/mol. The van der Waals surface area contributed by atoms with E-state index in [1.165, 1.54) is 12.1 Å². The van der Waals surface area contributed by atoms with E-state index in [1.807, 2.05) is 26.0 Å². The van der Waals surface area contributed by atoms with Gasteiger partial charge < -0.3 is 5.32 Å². The molecule has 0 radical (unpaired) electrons. The van der Waals surface area contributed by atoms with Crippen molar-refractivity contribution in [3.63, 3.8) is 0 Å². The molecule has 7 heteroatoms. The number of carbonyl (C=O) groups excluding carboxylic acids is 2. The van der Waals surface area contributed by atoms with Gasteiger partial charge in [0.05, 0.1) is 23.0 Å². The van der Waals surface area contributed by atoms with Gasteiger partial charge in [-0.1, -0.05) is 45.0 Å². The second-order valence-corrected chi connectivity index (χ2v) is 9.11. The number of fused-ring (bicyclic) bond motifs is 1. The quantitative estimate of drug-likeness (QED) is 0.597. The standard InChI is InChI=1S/C25H25F3N2O2/c1-4-21(32)30-19-8-6-5-7-17(19)29-18-13-24(2,3)14-20(31)22(18)23(30)15-9-11-16(12-10-15)25(26,27)28/h5-12,23,29H,4,13-14H2,1-3H3/t23-/m1/s1. The first-order valence-electron chi connectivity index (χ1n) is 10.6. The number of amides is 1. The third-order valence-electron chi connectivity index (χ3n) is 6.03.